The average molecular weight is 145 g/mol. The molecule has 0 unspecified atom stereocenters. The second kappa shape index (κ2) is 6.30. The van der Waals surface area contributed by atoms with Gasteiger partial charge in [0.1, 0.15) is 0 Å². The zero-order chi connectivity index (χ0) is 7.11. The van der Waals surface area contributed by atoms with Gasteiger partial charge in [-0.1, -0.05) is 27.2 Å². The molecule has 0 aromatic carbocycles. The fourth-order valence-electron chi connectivity index (χ4n) is 0.693. The largest absolute Gasteiger partial charge is 0.342 e. The Kier molecular flexibility index (Phi) is 6.42. The van der Waals surface area contributed by atoms with E-state index in [1.165, 1.54) is 19.4 Å². The van der Waals surface area contributed by atoms with Crippen molar-refractivity contribution in [1.82, 2.24) is 4.98 Å². The second-order valence-corrected chi connectivity index (χ2v) is 5.49. The molecule has 0 aromatic rings. The number of nitrogens with one attached hydrogen (secondary N) is 1. The Morgan fingerprint density at radius 2 is 2.11 bits per heavy atom. The summed E-state index contributed by atoms with van der Waals surface area (Å²) in [6, 6.07) is 0. The summed E-state index contributed by atoms with van der Waals surface area (Å²) < 4.78 is 0. The first-order valence-electron chi connectivity index (χ1n) is 3.98. The molecular formula is C7H19NSi. The predicted octanol–water partition coefficient (Wildman–Crippen LogP) is 1.29. The quantitative estimate of drug-likeness (QED) is 0.454. The second-order valence-electron chi connectivity index (χ2n) is 2.95. The monoisotopic (exact) mass is 145 g/mol. The molecule has 2 heteroatoms. The summed E-state index contributed by atoms with van der Waals surface area (Å²) in [4.78, 5) is 3.52. The van der Waals surface area contributed by atoms with Crippen molar-refractivity contribution in [3.63, 3.8) is 0 Å². The summed E-state index contributed by atoms with van der Waals surface area (Å²) in [5, 5.41) is 0. The van der Waals surface area contributed by atoms with E-state index in [2.05, 4.69) is 25.8 Å². The fourth-order valence-corrected chi connectivity index (χ4v) is 1.72. The summed E-state index contributed by atoms with van der Waals surface area (Å²) in [5.74, 6) is 0. The van der Waals surface area contributed by atoms with Crippen LogP contribution in [0.4, 0.5) is 0 Å². The Bertz CT molecular complexity index is 54.9. The van der Waals surface area contributed by atoms with Gasteiger partial charge in [0, 0.05) is 0 Å². The molecule has 0 radical (unpaired) electrons. The highest BCUT2D eigenvalue weighted by atomic mass is 28.2. The molecule has 0 bridgehead atoms. The third kappa shape index (κ3) is 8.18. The molecule has 56 valence electrons. The van der Waals surface area contributed by atoms with Crippen LogP contribution >= 0.6 is 0 Å². The third-order valence-electron chi connectivity index (χ3n) is 1.26. The van der Waals surface area contributed by atoms with Crippen molar-refractivity contribution in [2.24, 2.45) is 0 Å². The first-order chi connectivity index (χ1) is 4.27. The summed E-state index contributed by atoms with van der Waals surface area (Å²) in [6.45, 7) is 8.08. The summed E-state index contributed by atoms with van der Waals surface area (Å²) in [6.07, 6.45) is 2.67. The normalized spacial score (nSPS) is 12.0. The lowest BCUT2D eigenvalue weighted by Crippen LogP contribution is -2.22. The van der Waals surface area contributed by atoms with Gasteiger partial charge in [0.25, 0.3) is 0 Å². The highest BCUT2D eigenvalue weighted by Crippen LogP contribution is 1.93. The Labute approximate surface area is 61.1 Å². The zero-order valence-electron chi connectivity index (χ0n) is 6.91. The first kappa shape index (κ1) is 9.18. The molecule has 0 aliphatic rings. The Hall–Kier alpha value is 0.177. The van der Waals surface area contributed by atoms with Gasteiger partial charge < -0.3 is 4.98 Å². The summed E-state index contributed by atoms with van der Waals surface area (Å²) >= 11 is 0. The number of rotatable bonds is 5. The van der Waals surface area contributed by atoms with Crippen molar-refractivity contribution in [3.05, 3.63) is 0 Å². The van der Waals surface area contributed by atoms with E-state index < -0.39 is 0 Å². The Morgan fingerprint density at radius 3 is 2.56 bits per heavy atom. The van der Waals surface area contributed by atoms with Gasteiger partial charge in [0.2, 0.25) is 0 Å². The van der Waals surface area contributed by atoms with Crippen molar-refractivity contribution in [2.75, 3.05) is 6.54 Å². The lowest BCUT2D eigenvalue weighted by atomic mass is 10.3. The van der Waals surface area contributed by atoms with E-state index in [1.807, 2.05) is 0 Å². The minimum atomic E-state index is 0.0758. The first-order valence-corrected chi connectivity index (χ1v) is 5.50. The van der Waals surface area contributed by atoms with Crippen LogP contribution < -0.4 is 4.98 Å². The molecule has 1 nitrogen and oxygen atoms in total. The van der Waals surface area contributed by atoms with Crippen LogP contribution in [0.25, 0.3) is 0 Å². The van der Waals surface area contributed by atoms with Crippen molar-refractivity contribution < 1.29 is 0 Å². The Morgan fingerprint density at radius 1 is 1.44 bits per heavy atom. The zero-order valence-corrected chi connectivity index (χ0v) is 8.32. The molecule has 0 aromatic heterocycles. The van der Waals surface area contributed by atoms with E-state index >= 15 is 0 Å². The number of hydrogen-bond donors (Lipinski definition) is 1. The molecule has 9 heavy (non-hydrogen) atoms. The maximum Gasteiger partial charge on any atom is 0.0942 e. The van der Waals surface area contributed by atoms with Crippen LogP contribution in [0.5, 0.6) is 0 Å². The molecule has 0 aliphatic heterocycles. The van der Waals surface area contributed by atoms with Crippen LogP contribution in [0, 0.1) is 0 Å². The van der Waals surface area contributed by atoms with E-state index in [1.54, 1.807) is 0 Å². The minimum absolute atomic E-state index is 0.0758. The number of hydrogen-bond acceptors (Lipinski definition) is 1. The minimum Gasteiger partial charge on any atom is -0.342 e. The molecule has 1 N–H and O–H groups in total. The molecule has 0 amide bonds. The van der Waals surface area contributed by atoms with E-state index in [4.69, 9.17) is 0 Å². The van der Waals surface area contributed by atoms with Gasteiger partial charge in [0.05, 0.1) is 9.68 Å². The molecular weight excluding hydrogens is 126 g/mol. The van der Waals surface area contributed by atoms with Crippen LogP contribution in [-0.2, 0) is 0 Å². The van der Waals surface area contributed by atoms with Crippen LogP contribution in [-0.4, -0.2) is 16.2 Å². The van der Waals surface area contributed by atoms with Gasteiger partial charge in [0.15, 0.2) is 0 Å². The SMILES string of the molecule is CCCCN[SiH2]C(C)C. The standard InChI is InChI=1S/C7H19NSi/c1-4-5-6-8-9-7(2)3/h7-8H,4-6,9H2,1-3H3. The fraction of sp³-hybridized carbons (Fsp3) is 1.00. The third-order valence-corrected chi connectivity index (χ3v) is 2.72. The number of unbranched alkanes of at least 4 members (excludes halogenated alkanes) is 1. The molecule has 0 fully saturated rings. The highest BCUT2D eigenvalue weighted by molar-refractivity contribution is 6.33. The van der Waals surface area contributed by atoms with Gasteiger partial charge >= 0.3 is 0 Å². The summed E-state index contributed by atoms with van der Waals surface area (Å²) in [7, 11) is 0.0758. The van der Waals surface area contributed by atoms with Gasteiger partial charge in [-0.3, -0.25) is 0 Å². The average Bonchev–Trinajstić information content (AvgIpc) is 1.80. The molecule has 0 aliphatic carbocycles. The van der Waals surface area contributed by atoms with E-state index in [0.717, 1.165) is 5.54 Å². The maximum absolute atomic E-state index is 3.52. The highest BCUT2D eigenvalue weighted by Gasteiger charge is 1.91. The van der Waals surface area contributed by atoms with Crippen molar-refractivity contribution >= 4 is 9.68 Å². The van der Waals surface area contributed by atoms with Gasteiger partial charge in [-0.2, -0.15) is 0 Å². The maximum atomic E-state index is 3.52. The van der Waals surface area contributed by atoms with Crippen molar-refractivity contribution in [2.45, 2.75) is 39.2 Å². The molecule has 0 rings (SSSR count). The molecule has 0 heterocycles. The van der Waals surface area contributed by atoms with E-state index in [0.29, 0.717) is 0 Å². The predicted molar refractivity (Wildman–Crippen MR) is 46.6 cm³/mol. The molecule has 0 spiro atoms. The van der Waals surface area contributed by atoms with Crippen LogP contribution in [0.2, 0.25) is 5.54 Å². The lowest BCUT2D eigenvalue weighted by Gasteiger charge is -2.04. The van der Waals surface area contributed by atoms with Gasteiger partial charge in [-0.05, 0) is 18.5 Å². The summed E-state index contributed by atoms with van der Waals surface area (Å²) in [5.41, 5.74) is 0.932. The smallest absolute Gasteiger partial charge is 0.0942 e. The van der Waals surface area contributed by atoms with Crippen LogP contribution in [0.3, 0.4) is 0 Å². The Balaban J connectivity index is 2.75. The van der Waals surface area contributed by atoms with E-state index in [9.17, 15) is 0 Å². The van der Waals surface area contributed by atoms with Gasteiger partial charge in [-0.25, -0.2) is 0 Å². The van der Waals surface area contributed by atoms with Crippen LogP contribution in [0.15, 0.2) is 0 Å². The van der Waals surface area contributed by atoms with E-state index in [-0.39, 0.29) is 9.68 Å². The van der Waals surface area contributed by atoms with Crippen molar-refractivity contribution in [3.8, 4) is 0 Å². The van der Waals surface area contributed by atoms with Crippen LogP contribution in [0.1, 0.15) is 33.6 Å². The van der Waals surface area contributed by atoms with Gasteiger partial charge in [-0.15, -0.1) is 0 Å². The lowest BCUT2D eigenvalue weighted by molar-refractivity contribution is 0.759. The van der Waals surface area contributed by atoms with Crippen molar-refractivity contribution in [1.29, 1.82) is 0 Å². The molecule has 0 saturated carbocycles. The topological polar surface area (TPSA) is 12.0 Å². The molecule has 0 saturated heterocycles. The molecule has 0 atom stereocenters.